The summed E-state index contributed by atoms with van der Waals surface area (Å²) in [4.78, 5) is 16.5. The summed E-state index contributed by atoms with van der Waals surface area (Å²) in [5.74, 6) is 0.587. The first kappa shape index (κ1) is 19.2. The Labute approximate surface area is 159 Å². The molecule has 1 aliphatic rings. The Morgan fingerprint density at radius 3 is 2.63 bits per heavy atom. The number of hydrogen-bond acceptors (Lipinski definition) is 3. The molecule has 1 fully saturated rings. The van der Waals surface area contributed by atoms with Gasteiger partial charge in [0, 0.05) is 44.8 Å². The van der Waals surface area contributed by atoms with E-state index >= 15 is 0 Å². The monoisotopic (exact) mass is 371 g/mol. The number of urea groups is 1. The minimum atomic E-state index is -0.292. The summed E-state index contributed by atoms with van der Waals surface area (Å²) < 4.78 is 18.9. The van der Waals surface area contributed by atoms with Gasteiger partial charge in [-0.3, -0.25) is 4.90 Å². The van der Waals surface area contributed by atoms with Crippen LogP contribution in [-0.4, -0.2) is 55.7 Å². The molecule has 0 aliphatic carbocycles. The van der Waals surface area contributed by atoms with Gasteiger partial charge in [-0.25, -0.2) is 9.18 Å². The second-order valence-electron chi connectivity index (χ2n) is 6.68. The summed E-state index contributed by atoms with van der Waals surface area (Å²) in [7, 11) is 1.68. The molecule has 0 unspecified atom stereocenters. The predicted molar refractivity (Wildman–Crippen MR) is 103 cm³/mol. The Bertz CT molecular complexity index is 761. The number of rotatable bonds is 6. The molecule has 2 aromatic rings. The molecule has 0 spiro atoms. The Morgan fingerprint density at radius 1 is 1.11 bits per heavy atom. The number of carbonyl (C=O) groups excluding carboxylic acids is 1. The number of nitrogens with one attached hydrogen (secondary N) is 1. The first-order valence-corrected chi connectivity index (χ1v) is 9.27. The molecule has 6 heteroatoms. The summed E-state index contributed by atoms with van der Waals surface area (Å²) in [6, 6.07) is 14.5. The Balaban J connectivity index is 1.40. The smallest absolute Gasteiger partial charge is 0.317 e. The fourth-order valence-corrected chi connectivity index (χ4v) is 3.21. The van der Waals surface area contributed by atoms with E-state index in [0.29, 0.717) is 18.7 Å². The number of halogens is 1. The van der Waals surface area contributed by atoms with Crippen molar-refractivity contribution in [2.24, 2.45) is 0 Å². The molecule has 0 saturated carbocycles. The van der Waals surface area contributed by atoms with Gasteiger partial charge in [-0.15, -0.1) is 0 Å². The van der Waals surface area contributed by atoms with E-state index in [1.54, 1.807) is 30.2 Å². The fourth-order valence-electron chi connectivity index (χ4n) is 3.21. The average Bonchev–Trinajstić information content (AvgIpc) is 2.72. The van der Waals surface area contributed by atoms with Crippen molar-refractivity contribution in [2.45, 2.75) is 13.0 Å². The number of methoxy groups -OCH3 is 1. The van der Waals surface area contributed by atoms with E-state index in [1.165, 1.54) is 11.6 Å². The summed E-state index contributed by atoms with van der Waals surface area (Å²) in [5, 5.41) is 2.81. The van der Waals surface area contributed by atoms with E-state index in [9.17, 15) is 9.18 Å². The van der Waals surface area contributed by atoms with E-state index in [0.717, 1.165) is 31.8 Å². The minimum absolute atomic E-state index is 0.134. The van der Waals surface area contributed by atoms with Crippen molar-refractivity contribution in [3.05, 3.63) is 65.5 Å². The number of nitrogens with zero attached hydrogens (tertiary/aromatic N) is 2. The molecule has 1 aliphatic heterocycles. The summed E-state index contributed by atoms with van der Waals surface area (Å²) in [6.07, 6.45) is 0.955. The predicted octanol–water partition coefficient (Wildman–Crippen LogP) is 2.90. The second kappa shape index (κ2) is 9.37. The number of hydrogen-bond donors (Lipinski definition) is 1. The molecule has 1 saturated heterocycles. The molecular weight excluding hydrogens is 345 g/mol. The highest BCUT2D eigenvalue weighted by molar-refractivity contribution is 5.74. The highest BCUT2D eigenvalue weighted by Crippen LogP contribution is 2.14. The van der Waals surface area contributed by atoms with Gasteiger partial charge in [-0.1, -0.05) is 30.3 Å². The molecule has 5 nitrogen and oxygen atoms in total. The quantitative estimate of drug-likeness (QED) is 0.849. The number of piperazine rings is 1. The maximum atomic E-state index is 13.6. The standard InChI is InChI=1S/C21H26FN3O2/c1-27-19-7-4-5-17(15-19)9-10-24-11-13-25(14-12-24)21(26)23-16-18-6-2-3-8-20(18)22/h2-8,15H,9-14,16H2,1H3,(H,23,26). The van der Waals surface area contributed by atoms with Gasteiger partial charge in [-0.2, -0.15) is 0 Å². The van der Waals surface area contributed by atoms with Gasteiger partial charge < -0.3 is 15.0 Å². The molecule has 144 valence electrons. The number of amides is 2. The van der Waals surface area contributed by atoms with Gasteiger partial charge >= 0.3 is 6.03 Å². The van der Waals surface area contributed by atoms with Crippen LogP contribution in [0.15, 0.2) is 48.5 Å². The van der Waals surface area contributed by atoms with Crippen molar-refractivity contribution in [2.75, 3.05) is 39.8 Å². The van der Waals surface area contributed by atoms with Crippen LogP contribution in [0.5, 0.6) is 5.75 Å². The first-order valence-electron chi connectivity index (χ1n) is 9.27. The Kier molecular flexibility index (Phi) is 6.65. The lowest BCUT2D eigenvalue weighted by molar-refractivity contribution is 0.140. The fraction of sp³-hybridized carbons (Fsp3) is 0.381. The van der Waals surface area contributed by atoms with Gasteiger partial charge in [0.25, 0.3) is 0 Å². The van der Waals surface area contributed by atoms with Gasteiger partial charge in [0.15, 0.2) is 0 Å². The highest BCUT2D eigenvalue weighted by atomic mass is 19.1. The van der Waals surface area contributed by atoms with Crippen LogP contribution in [0.25, 0.3) is 0 Å². The molecule has 0 radical (unpaired) electrons. The van der Waals surface area contributed by atoms with Crippen LogP contribution < -0.4 is 10.1 Å². The molecule has 27 heavy (non-hydrogen) atoms. The molecule has 0 atom stereocenters. The average molecular weight is 371 g/mol. The van der Waals surface area contributed by atoms with Crippen molar-refractivity contribution < 1.29 is 13.9 Å². The third-order valence-corrected chi connectivity index (χ3v) is 4.90. The van der Waals surface area contributed by atoms with Gasteiger partial charge in [0.2, 0.25) is 0 Å². The van der Waals surface area contributed by atoms with Crippen LogP contribution in [0.1, 0.15) is 11.1 Å². The van der Waals surface area contributed by atoms with E-state index in [1.807, 2.05) is 12.1 Å². The summed E-state index contributed by atoms with van der Waals surface area (Å²) in [6.45, 7) is 4.22. The van der Waals surface area contributed by atoms with Gasteiger partial charge in [-0.05, 0) is 30.2 Å². The molecule has 0 aromatic heterocycles. The zero-order valence-electron chi connectivity index (χ0n) is 15.7. The molecule has 1 N–H and O–H groups in total. The van der Waals surface area contributed by atoms with E-state index in [-0.39, 0.29) is 18.4 Å². The lowest BCUT2D eigenvalue weighted by Gasteiger charge is -2.34. The van der Waals surface area contributed by atoms with Crippen LogP contribution >= 0.6 is 0 Å². The molecule has 2 amide bonds. The number of carbonyl (C=O) groups is 1. The van der Waals surface area contributed by atoms with E-state index < -0.39 is 0 Å². The number of ether oxygens (including phenoxy) is 1. The second-order valence-corrected chi connectivity index (χ2v) is 6.68. The SMILES string of the molecule is COc1cccc(CCN2CCN(C(=O)NCc3ccccc3F)CC2)c1. The Morgan fingerprint density at radius 2 is 1.89 bits per heavy atom. The third-order valence-electron chi connectivity index (χ3n) is 4.90. The Hall–Kier alpha value is -2.60. The van der Waals surface area contributed by atoms with Crippen LogP contribution in [-0.2, 0) is 13.0 Å². The molecular formula is C21H26FN3O2. The van der Waals surface area contributed by atoms with Crippen molar-refractivity contribution in [3.63, 3.8) is 0 Å². The van der Waals surface area contributed by atoms with Crippen molar-refractivity contribution in [3.8, 4) is 5.75 Å². The summed E-state index contributed by atoms with van der Waals surface area (Å²) >= 11 is 0. The zero-order valence-corrected chi connectivity index (χ0v) is 15.7. The normalized spacial score (nSPS) is 14.8. The van der Waals surface area contributed by atoms with Crippen molar-refractivity contribution in [1.29, 1.82) is 0 Å². The summed E-state index contributed by atoms with van der Waals surface area (Å²) in [5.41, 5.74) is 1.75. The largest absolute Gasteiger partial charge is 0.497 e. The zero-order chi connectivity index (χ0) is 19.1. The van der Waals surface area contributed by atoms with Gasteiger partial charge in [0.05, 0.1) is 7.11 Å². The molecule has 1 heterocycles. The maximum absolute atomic E-state index is 13.6. The lowest BCUT2D eigenvalue weighted by atomic mass is 10.1. The lowest BCUT2D eigenvalue weighted by Crippen LogP contribution is -2.51. The highest BCUT2D eigenvalue weighted by Gasteiger charge is 2.20. The van der Waals surface area contributed by atoms with Crippen molar-refractivity contribution in [1.82, 2.24) is 15.1 Å². The minimum Gasteiger partial charge on any atom is -0.497 e. The molecule has 0 bridgehead atoms. The van der Waals surface area contributed by atoms with Gasteiger partial charge in [0.1, 0.15) is 11.6 Å². The third kappa shape index (κ3) is 5.44. The van der Waals surface area contributed by atoms with E-state index in [2.05, 4.69) is 22.3 Å². The van der Waals surface area contributed by atoms with Crippen LogP contribution in [0.2, 0.25) is 0 Å². The molecule has 2 aromatic carbocycles. The van der Waals surface area contributed by atoms with Crippen LogP contribution in [0.3, 0.4) is 0 Å². The van der Waals surface area contributed by atoms with Crippen LogP contribution in [0.4, 0.5) is 9.18 Å². The molecule has 3 rings (SSSR count). The first-order chi connectivity index (χ1) is 13.2. The number of benzene rings is 2. The van der Waals surface area contributed by atoms with Crippen LogP contribution in [0, 0.1) is 5.82 Å². The van der Waals surface area contributed by atoms with E-state index in [4.69, 9.17) is 4.74 Å². The topological polar surface area (TPSA) is 44.8 Å². The van der Waals surface area contributed by atoms with Crippen molar-refractivity contribution >= 4 is 6.03 Å². The maximum Gasteiger partial charge on any atom is 0.317 e.